The van der Waals surface area contributed by atoms with Crippen molar-refractivity contribution in [2.45, 2.75) is 26.0 Å². The summed E-state index contributed by atoms with van der Waals surface area (Å²) in [6.45, 7) is 2.63. The fraction of sp³-hybridized carbons (Fsp3) is 0.333. The van der Waals surface area contributed by atoms with Gasteiger partial charge in [0, 0.05) is 23.3 Å². The number of fused-ring (bicyclic) bond motifs is 1. The average Bonchev–Trinajstić information content (AvgIpc) is 2.57. The monoisotopic (exact) mass is 223 g/mol. The third-order valence-electron chi connectivity index (χ3n) is 2.52. The van der Waals surface area contributed by atoms with Crippen molar-refractivity contribution in [2.75, 3.05) is 0 Å². The molecule has 1 aromatic carbocycles. The van der Waals surface area contributed by atoms with Gasteiger partial charge in [-0.1, -0.05) is 17.7 Å². The van der Waals surface area contributed by atoms with Gasteiger partial charge in [-0.25, -0.2) is 0 Å². The first kappa shape index (κ1) is 10.5. The molecule has 2 nitrogen and oxygen atoms in total. The van der Waals surface area contributed by atoms with Gasteiger partial charge in [-0.05, 0) is 36.9 Å². The minimum Gasteiger partial charge on any atom is -0.393 e. The van der Waals surface area contributed by atoms with Crippen LogP contribution in [0.3, 0.4) is 0 Å². The molecule has 1 unspecified atom stereocenters. The van der Waals surface area contributed by atoms with Crippen molar-refractivity contribution < 1.29 is 5.11 Å². The van der Waals surface area contributed by atoms with Crippen LogP contribution >= 0.6 is 11.6 Å². The van der Waals surface area contributed by atoms with Crippen molar-refractivity contribution in [2.24, 2.45) is 0 Å². The zero-order chi connectivity index (χ0) is 10.8. The lowest BCUT2D eigenvalue weighted by Gasteiger charge is -2.07. The fourth-order valence-electron chi connectivity index (χ4n) is 1.68. The molecule has 1 aromatic heterocycles. The quantitative estimate of drug-likeness (QED) is 0.850. The molecule has 0 saturated heterocycles. The zero-order valence-corrected chi connectivity index (χ0v) is 9.41. The van der Waals surface area contributed by atoms with E-state index in [1.165, 1.54) is 5.39 Å². The van der Waals surface area contributed by atoms with E-state index >= 15 is 0 Å². The SMILES string of the molecule is CC(O)CCn1ccc2ccc(Cl)cc21. The number of aliphatic hydroxyl groups excluding tert-OH is 1. The van der Waals surface area contributed by atoms with Crippen LogP contribution in [0.2, 0.25) is 5.02 Å². The van der Waals surface area contributed by atoms with Crippen LogP contribution in [0.15, 0.2) is 30.5 Å². The van der Waals surface area contributed by atoms with Crippen LogP contribution in [0.25, 0.3) is 10.9 Å². The van der Waals surface area contributed by atoms with Crippen LogP contribution in [0, 0.1) is 0 Å². The molecule has 0 saturated carbocycles. The third-order valence-corrected chi connectivity index (χ3v) is 2.76. The highest BCUT2D eigenvalue weighted by atomic mass is 35.5. The zero-order valence-electron chi connectivity index (χ0n) is 8.65. The fourth-order valence-corrected chi connectivity index (χ4v) is 1.84. The molecule has 2 aromatic rings. The van der Waals surface area contributed by atoms with Crippen LogP contribution in [-0.2, 0) is 6.54 Å². The topological polar surface area (TPSA) is 25.2 Å². The molecule has 1 N–H and O–H groups in total. The molecule has 0 aliphatic heterocycles. The Hall–Kier alpha value is -0.990. The van der Waals surface area contributed by atoms with Crippen LogP contribution in [-0.4, -0.2) is 15.8 Å². The van der Waals surface area contributed by atoms with Crippen LogP contribution < -0.4 is 0 Å². The minimum absolute atomic E-state index is 0.262. The molecular weight excluding hydrogens is 210 g/mol. The average molecular weight is 224 g/mol. The number of aryl methyl sites for hydroxylation is 1. The van der Waals surface area contributed by atoms with Gasteiger partial charge in [0.15, 0.2) is 0 Å². The molecule has 0 fully saturated rings. The molecule has 80 valence electrons. The molecule has 0 bridgehead atoms. The van der Waals surface area contributed by atoms with Gasteiger partial charge < -0.3 is 9.67 Å². The van der Waals surface area contributed by atoms with Crippen LogP contribution in [0.1, 0.15) is 13.3 Å². The van der Waals surface area contributed by atoms with E-state index in [1.807, 2.05) is 24.4 Å². The van der Waals surface area contributed by atoms with Gasteiger partial charge in [-0.15, -0.1) is 0 Å². The molecule has 0 aliphatic carbocycles. The summed E-state index contributed by atoms with van der Waals surface area (Å²) in [5.74, 6) is 0. The highest BCUT2D eigenvalue weighted by Gasteiger charge is 2.02. The molecule has 15 heavy (non-hydrogen) atoms. The lowest BCUT2D eigenvalue weighted by Crippen LogP contribution is -2.05. The van der Waals surface area contributed by atoms with Gasteiger partial charge in [0.25, 0.3) is 0 Å². The molecule has 2 rings (SSSR count). The molecule has 1 heterocycles. The maximum atomic E-state index is 9.24. The molecule has 0 amide bonds. The summed E-state index contributed by atoms with van der Waals surface area (Å²) in [6, 6.07) is 7.92. The number of hydrogen-bond acceptors (Lipinski definition) is 1. The molecule has 0 spiro atoms. The highest BCUT2D eigenvalue weighted by Crippen LogP contribution is 2.20. The van der Waals surface area contributed by atoms with Gasteiger partial charge in [-0.3, -0.25) is 0 Å². The maximum Gasteiger partial charge on any atom is 0.0529 e. The van der Waals surface area contributed by atoms with Crippen LogP contribution in [0.4, 0.5) is 0 Å². The number of aliphatic hydroxyl groups is 1. The van der Waals surface area contributed by atoms with E-state index in [1.54, 1.807) is 6.92 Å². The first-order valence-corrected chi connectivity index (χ1v) is 5.47. The second kappa shape index (κ2) is 4.25. The summed E-state index contributed by atoms with van der Waals surface area (Å²) >= 11 is 5.95. The van der Waals surface area contributed by atoms with E-state index in [9.17, 15) is 5.11 Å². The number of rotatable bonds is 3. The van der Waals surface area contributed by atoms with E-state index in [0.717, 1.165) is 23.5 Å². The van der Waals surface area contributed by atoms with Gasteiger partial charge in [0.2, 0.25) is 0 Å². The van der Waals surface area contributed by atoms with Gasteiger partial charge in [-0.2, -0.15) is 0 Å². The molecule has 3 heteroatoms. The van der Waals surface area contributed by atoms with Crippen molar-refractivity contribution in [3.63, 3.8) is 0 Å². The molecular formula is C12H14ClNO. The second-order valence-corrected chi connectivity index (χ2v) is 4.29. The van der Waals surface area contributed by atoms with Crippen molar-refractivity contribution >= 4 is 22.5 Å². The summed E-state index contributed by atoms with van der Waals surface area (Å²) in [5, 5.41) is 11.2. The lowest BCUT2D eigenvalue weighted by atomic mass is 10.2. The van der Waals surface area contributed by atoms with Gasteiger partial charge >= 0.3 is 0 Å². The number of nitrogens with zero attached hydrogens (tertiary/aromatic N) is 1. The van der Waals surface area contributed by atoms with Crippen molar-refractivity contribution in [3.05, 3.63) is 35.5 Å². The van der Waals surface area contributed by atoms with E-state index < -0.39 is 0 Å². The van der Waals surface area contributed by atoms with Crippen molar-refractivity contribution in [1.29, 1.82) is 0 Å². The Morgan fingerprint density at radius 3 is 2.93 bits per heavy atom. The number of halogens is 1. The summed E-state index contributed by atoms with van der Waals surface area (Å²) in [5.41, 5.74) is 1.13. The van der Waals surface area contributed by atoms with E-state index in [4.69, 9.17) is 11.6 Å². The Labute approximate surface area is 94.1 Å². The van der Waals surface area contributed by atoms with E-state index in [2.05, 4.69) is 10.6 Å². The van der Waals surface area contributed by atoms with Crippen molar-refractivity contribution in [3.8, 4) is 0 Å². The lowest BCUT2D eigenvalue weighted by molar-refractivity contribution is 0.178. The predicted octanol–water partition coefficient (Wildman–Crippen LogP) is 3.07. The number of hydrogen-bond donors (Lipinski definition) is 1. The molecule has 0 radical (unpaired) electrons. The summed E-state index contributed by atoms with van der Waals surface area (Å²) in [6.07, 6.45) is 2.53. The smallest absolute Gasteiger partial charge is 0.0529 e. The third kappa shape index (κ3) is 2.33. The van der Waals surface area contributed by atoms with E-state index in [-0.39, 0.29) is 6.10 Å². The normalized spacial score (nSPS) is 13.3. The Morgan fingerprint density at radius 2 is 2.20 bits per heavy atom. The second-order valence-electron chi connectivity index (χ2n) is 3.85. The number of aromatic nitrogens is 1. The largest absolute Gasteiger partial charge is 0.393 e. The van der Waals surface area contributed by atoms with Gasteiger partial charge in [0.1, 0.15) is 0 Å². The van der Waals surface area contributed by atoms with Gasteiger partial charge in [0.05, 0.1) is 6.10 Å². The summed E-state index contributed by atoms with van der Waals surface area (Å²) < 4.78 is 2.12. The molecule has 1 atom stereocenters. The Balaban J connectivity index is 2.31. The summed E-state index contributed by atoms with van der Waals surface area (Å²) in [7, 11) is 0. The predicted molar refractivity (Wildman–Crippen MR) is 63.2 cm³/mol. The summed E-state index contributed by atoms with van der Waals surface area (Å²) in [4.78, 5) is 0. The van der Waals surface area contributed by atoms with Crippen LogP contribution in [0.5, 0.6) is 0 Å². The standard InChI is InChI=1S/C12H14ClNO/c1-9(15)4-6-14-7-5-10-2-3-11(13)8-12(10)14/h2-3,5,7-9,15H,4,6H2,1H3. The Bertz CT molecular complexity index is 462. The molecule has 0 aliphatic rings. The first-order valence-electron chi connectivity index (χ1n) is 5.09. The minimum atomic E-state index is -0.262. The number of benzene rings is 1. The Kier molecular flexibility index (Phi) is 2.98. The maximum absolute atomic E-state index is 9.24. The first-order chi connectivity index (χ1) is 7.16. The Morgan fingerprint density at radius 1 is 1.40 bits per heavy atom. The van der Waals surface area contributed by atoms with E-state index in [0.29, 0.717) is 0 Å². The highest BCUT2D eigenvalue weighted by molar-refractivity contribution is 6.31. The van der Waals surface area contributed by atoms with Crippen molar-refractivity contribution in [1.82, 2.24) is 4.57 Å².